The largest absolute Gasteiger partial charge is 0.352 e. The predicted molar refractivity (Wildman–Crippen MR) is 100 cm³/mol. The third kappa shape index (κ3) is 3.89. The molecule has 1 atom stereocenters. The number of carbonyl (C=O) groups excluding carboxylic acids is 1. The topological polar surface area (TPSA) is 72.7 Å². The fraction of sp³-hybridized carbons (Fsp3) is 0.222. The van der Waals surface area contributed by atoms with E-state index >= 15 is 0 Å². The van der Waals surface area contributed by atoms with Crippen LogP contribution in [0.15, 0.2) is 59.8 Å². The molecule has 1 heterocycles. The van der Waals surface area contributed by atoms with Gasteiger partial charge in [-0.15, -0.1) is 5.10 Å². The summed E-state index contributed by atoms with van der Waals surface area (Å²) in [7, 11) is 0. The summed E-state index contributed by atoms with van der Waals surface area (Å²) in [5, 5.41) is 15.8. The third-order valence-corrected chi connectivity index (χ3v) is 5.44. The summed E-state index contributed by atoms with van der Waals surface area (Å²) in [5.74, 6) is -0.0191. The van der Waals surface area contributed by atoms with Gasteiger partial charge in [-0.05, 0) is 53.1 Å². The van der Waals surface area contributed by atoms with Crippen molar-refractivity contribution >= 4 is 29.3 Å². The zero-order valence-corrected chi connectivity index (χ0v) is 15.3. The van der Waals surface area contributed by atoms with Crippen LogP contribution in [0.5, 0.6) is 0 Å². The van der Waals surface area contributed by atoms with Gasteiger partial charge in [-0.2, -0.15) is 4.68 Å². The van der Waals surface area contributed by atoms with Gasteiger partial charge in [0.1, 0.15) is 5.25 Å². The highest BCUT2D eigenvalue weighted by molar-refractivity contribution is 8.00. The molecule has 1 aliphatic carbocycles. The van der Waals surface area contributed by atoms with Crippen molar-refractivity contribution in [3.05, 3.63) is 65.2 Å². The molecule has 3 aromatic rings. The first-order chi connectivity index (χ1) is 12.7. The molecule has 0 saturated heterocycles. The number of nitrogens with zero attached hydrogens (tertiary/aromatic N) is 4. The number of carbonyl (C=O) groups is 1. The molecular weight excluding hydrogens is 370 g/mol. The molecule has 4 rings (SSSR count). The van der Waals surface area contributed by atoms with Gasteiger partial charge in [0.15, 0.2) is 0 Å². The Morgan fingerprint density at radius 1 is 1.15 bits per heavy atom. The fourth-order valence-electron chi connectivity index (χ4n) is 2.51. The standard InChI is InChI=1S/C18H16ClN5OS/c19-13-6-10-15(11-7-13)24-18(21-22-23-24)26-16(12-4-2-1-3-5-12)17(25)20-14-8-9-14/h1-7,10-11,14,16H,8-9H2,(H,20,25)/t16-/m1/s1. The van der Waals surface area contributed by atoms with Crippen LogP contribution in [0.2, 0.25) is 5.02 Å². The van der Waals surface area contributed by atoms with Crippen LogP contribution in [0.3, 0.4) is 0 Å². The molecule has 1 saturated carbocycles. The Bertz CT molecular complexity index is 895. The van der Waals surface area contributed by atoms with Crippen LogP contribution in [0.25, 0.3) is 5.69 Å². The van der Waals surface area contributed by atoms with Crippen molar-refractivity contribution in [2.75, 3.05) is 0 Å². The smallest absolute Gasteiger partial charge is 0.238 e. The number of tetrazole rings is 1. The van der Waals surface area contributed by atoms with Crippen LogP contribution < -0.4 is 5.32 Å². The minimum Gasteiger partial charge on any atom is -0.352 e. The average molecular weight is 386 g/mol. The van der Waals surface area contributed by atoms with Crippen molar-refractivity contribution in [1.29, 1.82) is 0 Å². The molecule has 1 N–H and O–H groups in total. The van der Waals surface area contributed by atoms with E-state index in [1.54, 1.807) is 16.8 Å². The van der Waals surface area contributed by atoms with Crippen molar-refractivity contribution in [2.45, 2.75) is 29.3 Å². The molecule has 26 heavy (non-hydrogen) atoms. The zero-order valence-electron chi connectivity index (χ0n) is 13.7. The Balaban J connectivity index is 1.63. The third-order valence-electron chi connectivity index (χ3n) is 4.00. The molecule has 0 bridgehead atoms. The minimum absolute atomic E-state index is 0.0191. The summed E-state index contributed by atoms with van der Waals surface area (Å²) in [4.78, 5) is 12.8. The van der Waals surface area contributed by atoms with E-state index in [-0.39, 0.29) is 5.91 Å². The van der Waals surface area contributed by atoms with E-state index in [4.69, 9.17) is 11.6 Å². The SMILES string of the molecule is O=C(NC1CC1)[C@H](Sc1nnnn1-c1ccc(Cl)cc1)c1ccccc1. The number of rotatable bonds is 6. The highest BCUT2D eigenvalue weighted by Gasteiger charge is 2.30. The number of hydrogen-bond acceptors (Lipinski definition) is 5. The molecule has 0 radical (unpaired) electrons. The number of aromatic nitrogens is 4. The van der Waals surface area contributed by atoms with E-state index in [0.717, 1.165) is 24.1 Å². The molecule has 1 amide bonds. The van der Waals surface area contributed by atoms with Gasteiger partial charge in [-0.3, -0.25) is 4.79 Å². The van der Waals surface area contributed by atoms with Crippen LogP contribution in [0.4, 0.5) is 0 Å². The Morgan fingerprint density at radius 2 is 1.88 bits per heavy atom. The molecule has 0 unspecified atom stereocenters. The Morgan fingerprint density at radius 3 is 2.58 bits per heavy atom. The van der Waals surface area contributed by atoms with Gasteiger partial charge < -0.3 is 5.32 Å². The van der Waals surface area contributed by atoms with Crippen LogP contribution >= 0.6 is 23.4 Å². The van der Waals surface area contributed by atoms with Crippen LogP contribution in [-0.4, -0.2) is 32.2 Å². The van der Waals surface area contributed by atoms with E-state index in [2.05, 4.69) is 20.8 Å². The van der Waals surface area contributed by atoms with Gasteiger partial charge in [-0.1, -0.05) is 53.7 Å². The number of halogens is 1. The van der Waals surface area contributed by atoms with Gasteiger partial charge in [-0.25, -0.2) is 0 Å². The first kappa shape index (κ1) is 17.1. The van der Waals surface area contributed by atoms with Crippen LogP contribution in [0.1, 0.15) is 23.7 Å². The van der Waals surface area contributed by atoms with Gasteiger partial charge in [0, 0.05) is 11.1 Å². The van der Waals surface area contributed by atoms with Gasteiger partial charge in [0.25, 0.3) is 0 Å². The number of thioether (sulfide) groups is 1. The number of benzene rings is 2. The second-order valence-electron chi connectivity index (χ2n) is 6.04. The molecule has 1 aromatic heterocycles. The van der Waals surface area contributed by atoms with Gasteiger partial charge in [0.2, 0.25) is 11.1 Å². The van der Waals surface area contributed by atoms with Crippen molar-refractivity contribution < 1.29 is 4.79 Å². The van der Waals surface area contributed by atoms with E-state index in [1.807, 2.05) is 42.5 Å². The lowest BCUT2D eigenvalue weighted by Gasteiger charge is -2.16. The second kappa shape index (κ2) is 7.47. The molecule has 0 aliphatic heterocycles. The summed E-state index contributed by atoms with van der Waals surface area (Å²) >= 11 is 7.29. The van der Waals surface area contributed by atoms with Crippen molar-refractivity contribution in [3.63, 3.8) is 0 Å². The molecule has 132 valence electrons. The molecule has 1 aliphatic rings. The number of nitrogens with one attached hydrogen (secondary N) is 1. The van der Waals surface area contributed by atoms with Crippen LogP contribution in [-0.2, 0) is 4.79 Å². The van der Waals surface area contributed by atoms with E-state index in [0.29, 0.717) is 16.2 Å². The lowest BCUT2D eigenvalue weighted by atomic mass is 10.1. The first-order valence-electron chi connectivity index (χ1n) is 8.27. The summed E-state index contributed by atoms with van der Waals surface area (Å²) in [6, 6.07) is 17.2. The second-order valence-corrected chi connectivity index (χ2v) is 7.55. The molecule has 6 nitrogen and oxygen atoms in total. The summed E-state index contributed by atoms with van der Waals surface area (Å²) in [6.45, 7) is 0. The maximum absolute atomic E-state index is 12.8. The number of hydrogen-bond donors (Lipinski definition) is 1. The lowest BCUT2D eigenvalue weighted by molar-refractivity contribution is -0.120. The minimum atomic E-state index is -0.422. The zero-order chi connectivity index (χ0) is 17.9. The van der Waals surface area contributed by atoms with E-state index in [9.17, 15) is 4.79 Å². The monoisotopic (exact) mass is 385 g/mol. The van der Waals surface area contributed by atoms with Gasteiger partial charge >= 0.3 is 0 Å². The normalized spacial score (nSPS) is 14.8. The average Bonchev–Trinajstić information content (AvgIpc) is 3.35. The fourth-order valence-corrected chi connectivity index (χ4v) is 3.64. The molecule has 8 heteroatoms. The Labute approximate surface area is 159 Å². The van der Waals surface area contributed by atoms with E-state index < -0.39 is 5.25 Å². The van der Waals surface area contributed by atoms with Crippen LogP contribution in [0, 0.1) is 0 Å². The maximum atomic E-state index is 12.8. The lowest BCUT2D eigenvalue weighted by Crippen LogP contribution is -2.29. The molecule has 2 aromatic carbocycles. The maximum Gasteiger partial charge on any atom is 0.238 e. The van der Waals surface area contributed by atoms with Crippen molar-refractivity contribution in [2.24, 2.45) is 0 Å². The van der Waals surface area contributed by atoms with E-state index in [1.165, 1.54) is 11.8 Å². The highest BCUT2D eigenvalue weighted by atomic mass is 35.5. The highest BCUT2D eigenvalue weighted by Crippen LogP contribution is 2.35. The van der Waals surface area contributed by atoms with Crippen molar-refractivity contribution in [1.82, 2.24) is 25.5 Å². The Hall–Kier alpha value is -2.38. The van der Waals surface area contributed by atoms with Crippen molar-refractivity contribution in [3.8, 4) is 5.69 Å². The Kier molecular flexibility index (Phi) is 4.90. The summed E-state index contributed by atoms with van der Waals surface area (Å²) in [5.41, 5.74) is 1.71. The summed E-state index contributed by atoms with van der Waals surface area (Å²) < 4.78 is 1.61. The summed E-state index contributed by atoms with van der Waals surface area (Å²) in [6.07, 6.45) is 2.08. The predicted octanol–water partition coefficient (Wildman–Crippen LogP) is 3.43. The molecule has 0 spiro atoms. The molecular formula is C18H16ClN5OS. The molecule has 1 fully saturated rings. The quantitative estimate of drug-likeness (QED) is 0.658. The first-order valence-corrected chi connectivity index (χ1v) is 9.53. The number of amides is 1. The van der Waals surface area contributed by atoms with Gasteiger partial charge in [0.05, 0.1) is 5.69 Å².